The summed E-state index contributed by atoms with van der Waals surface area (Å²) in [5, 5.41) is 3.67. The van der Waals surface area contributed by atoms with Gasteiger partial charge in [-0.3, -0.25) is 4.79 Å². The van der Waals surface area contributed by atoms with Gasteiger partial charge in [-0.15, -0.1) is 0 Å². The Morgan fingerprint density at radius 3 is 2.53 bits per heavy atom. The van der Waals surface area contributed by atoms with Crippen LogP contribution in [0.15, 0.2) is 46.9 Å². The van der Waals surface area contributed by atoms with Gasteiger partial charge in [0.15, 0.2) is 0 Å². The standard InChI is InChI=1S/C27H34BrNO3/c1-27(2,16-20-13-21-8-4-5-9-22(21)14-20)29-17-23-18-31-25-15-19(11-12-24(25)28)7-3-6-10-26(30)32-23/h4-5,8-9,11-12,15,20,23,29H,3,6-7,10,13-14,16-18H2,1-2H3/t23-/m1/s1. The molecule has 0 fully saturated rings. The van der Waals surface area contributed by atoms with Gasteiger partial charge in [-0.1, -0.05) is 30.3 Å². The number of esters is 1. The van der Waals surface area contributed by atoms with Gasteiger partial charge in [0.2, 0.25) is 0 Å². The van der Waals surface area contributed by atoms with Crippen molar-refractivity contribution in [3.05, 3.63) is 63.6 Å². The fraction of sp³-hybridized carbons (Fsp3) is 0.519. The number of halogens is 1. The van der Waals surface area contributed by atoms with Crippen molar-refractivity contribution in [1.82, 2.24) is 5.32 Å². The molecule has 2 aromatic rings. The van der Waals surface area contributed by atoms with Gasteiger partial charge in [0.05, 0.1) is 4.47 Å². The van der Waals surface area contributed by atoms with Gasteiger partial charge in [0.1, 0.15) is 18.5 Å². The van der Waals surface area contributed by atoms with Crippen LogP contribution in [0.2, 0.25) is 0 Å². The summed E-state index contributed by atoms with van der Waals surface area (Å²) >= 11 is 3.58. The van der Waals surface area contributed by atoms with E-state index in [9.17, 15) is 4.79 Å². The number of benzene rings is 2. The molecule has 0 spiro atoms. The molecule has 172 valence electrons. The Labute approximate surface area is 200 Å². The van der Waals surface area contributed by atoms with Crippen LogP contribution in [-0.4, -0.2) is 30.8 Å². The molecule has 0 unspecified atom stereocenters. The first-order valence-corrected chi connectivity index (χ1v) is 12.6. The number of cyclic esters (lactones) is 1. The maximum absolute atomic E-state index is 12.4. The number of fused-ring (bicyclic) bond motifs is 3. The number of carbonyl (C=O) groups is 1. The normalized spacial score (nSPS) is 20.0. The number of hydrogen-bond donors (Lipinski definition) is 1. The minimum absolute atomic E-state index is 0.0523. The molecule has 2 aliphatic rings. The van der Waals surface area contributed by atoms with Crippen LogP contribution in [-0.2, 0) is 28.8 Å². The molecule has 0 aromatic heterocycles. The summed E-state index contributed by atoms with van der Waals surface area (Å²) in [5.74, 6) is 1.32. The number of ether oxygens (including phenoxy) is 2. The fourth-order valence-corrected chi connectivity index (χ4v) is 5.31. The Morgan fingerprint density at radius 2 is 1.78 bits per heavy atom. The lowest BCUT2D eigenvalue weighted by molar-refractivity contribution is -0.150. The van der Waals surface area contributed by atoms with Crippen LogP contribution in [0.25, 0.3) is 0 Å². The lowest BCUT2D eigenvalue weighted by Crippen LogP contribution is -2.47. The predicted octanol–water partition coefficient (Wildman–Crippen LogP) is 5.64. The molecule has 1 heterocycles. The van der Waals surface area contributed by atoms with E-state index >= 15 is 0 Å². The van der Waals surface area contributed by atoms with Gasteiger partial charge >= 0.3 is 5.97 Å². The predicted molar refractivity (Wildman–Crippen MR) is 131 cm³/mol. The van der Waals surface area contributed by atoms with E-state index in [1.54, 1.807) is 0 Å². The van der Waals surface area contributed by atoms with E-state index in [0.717, 1.165) is 48.7 Å². The smallest absolute Gasteiger partial charge is 0.306 e. The zero-order valence-corrected chi connectivity index (χ0v) is 20.7. The van der Waals surface area contributed by atoms with Gasteiger partial charge in [0, 0.05) is 18.5 Å². The van der Waals surface area contributed by atoms with E-state index in [1.165, 1.54) is 16.7 Å². The molecule has 1 aliphatic heterocycles. The summed E-state index contributed by atoms with van der Waals surface area (Å²) in [6.45, 7) is 5.41. The highest BCUT2D eigenvalue weighted by Crippen LogP contribution is 2.32. The third kappa shape index (κ3) is 6.35. The van der Waals surface area contributed by atoms with Crippen LogP contribution in [0.5, 0.6) is 5.75 Å². The average molecular weight is 500 g/mol. The second-order valence-electron chi connectivity index (χ2n) is 9.91. The van der Waals surface area contributed by atoms with Crippen molar-refractivity contribution in [2.75, 3.05) is 13.2 Å². The van der Waals surface area contributed by atoms with Crippen LogP contribution >= 0.6 is 15.9 Å². The summed E-state index contributed by atoms with van der Waals surface area (Å²) in [5.41, 5.74) is 4.17. The van der Waals surface area contributed by atoms with Crippen LogP contribution in [0.1, 0.15) is 56.2 Å². The largest absolute Gasteiger partial charge is 0.488 e. The number of nitrogens with one attached hydrogen (secondary N) is 1. The average Bonchev–Trinajstić information content (AvgIpc) is 3.15. The van der Waals surface area contributed by atoms with E-state index in [4.69, 9.17) is 9.47 Å². The third-order valence-electron chi connectivity index (χ3n) is 6.56. The Bertz CT molecular complexity index is 917. The number of carbonyl (C=O) groups excluding carboxylic acids is 1. The van der Waals surface area contributed by atoms with Gasteiger partial charge in [0.25, 0.3) is 0 Å². The first kappa shape index (κ1) is 23.3. The molecule has 5 heteroatoms. The highest BCUT2D eigenvalue weighted by molar-refractivity contribution is 9.10. The summed E-state index contributed by atoms with van der Waals surface area (Å²) in [4.78, 5) is 12.4. The van der Waals surface area contributed by atoms with Crippen LogP contribution in [0.4, 0.5) is 0 Å². The van der Waals surface area contributed by atoms with E-state index in [2.05, 4.69) is 71.5 Å². The number of rotatable bonds is 5. The van der Waals surface area contributed by atoms with Crippen molar-refractivity contribution in [3.63, 3.8) is 0 Å². The van der Waals surface area contributed by atoms with E-state index in [0.29, 0.717) is 25.5 Å². The topological polar surface area (TPSA) is 47.6 Å². The maximum atomic E-state index is 12.4. The SMILES string of the molecule is CC(C)(CC1Cc2ccccc2C1)NC[C@@H]1COc2cc(ccc2Br)CCCCC(=O)O1. The Kier molecular flexibility index (Phi) is 7.57. The lowest BCUT2D eigenvalue weighted by Gasteiger charge is -2.31. The van der Waals surface area contributed by atoms with Crippen molar-refractivity contribution in [2.24, 2.45) is 5.92 Å². The molecule has 1 aliphatic carbocycles. The zero-order valence-electron chi connectivity index (χ0n) is 19.2. The molecule has 2 bridgehead atoms. The van der Waals surface area contributed by atoms with E-state index in [1.807, 2.05) is 6.07 Å². The first-order chi connectivity index (χ1) is 15.4. The molecule has 0 saturated heterocycles. The zero-order chi connectivity index (χ0) is 22.6. The fourth-order valence-electron chi connectivity index (χ4n) is 4.95. The van der Waals surface area contributed by atoms with E-state index in [-0.39, 0.29) is 17.6 Å². The highest BCUT2D eigenvalue weighted by Gasteiger charge is 2.29. The summed E-state index contributed by atoms with van der Waals surface area (Å²) in [6.07, 6.45) is 6.27. The molecule has 0 radical (unpaired) electrons. The van der Waals surface area contributed by atoms with Crippen LogP contribution in [0, 0.1) is 5.92 Å². The molecule has 4 nitrogen and oxygen atoms in total. The van der Waals surface area contributed by atoms with E-state index < -0.39 is 0 Å². The number of hydrogen-bond acceptors (Lipinski definition) is 4. The molecule has 2 aromatic carbocycles. The Morgan fingerprint density at radius 1 is 1.06 bits per heavy atom. The lowest BCUT2D eigenvalue weighted by atomic mass is 9.88. The van der Waals surface area contributed by atoms with Crippen molar-refractivity contribution in [3.8, 4) is 5.75 Å². The molecule has 0 saturated carbocycles. The molecular formula is C27H34BrNO3. The highest BCUT2D eigenvalue weighted by atomic mass is 79.9. The van der Waals surface area contributed by atoms with Gasteiger partial charge in [-0.2, -0.15) is 0 Å². The molecule has 4 rings (SSSR count). The summed E-state index contributed by atoms with van der Waals surface area (Å²) in [7, 11) is 0. The minimum atomic E-state index is -0.322. The monoisotopic (exact) mass is 499 g/mol. The molecule has 0 amide bonds. The second-order valence-corrected chi connectivity index (χ2v) is 10.8. The third-order valence-corrected chi connectivity index (χ3v) is 7.21. The van der Waals surface area contributed by atoms with Crippen molar-refractivity contribution < 1.29 is 14.3 Å². The van der Waals surface area contributed by atoms with Gasteiger partial charge < -0.3 is 14.8 Å². The summed E-state index contributed by atoms with van der Waals surface area (Å²) in [6, 6.07) is 15.0. The number of aryl methyl sites for hydroxylation is 1. The van der Waals surface area contributed by atoms with Gasteiger partial charge in [-0.25, -0.2) is 0 Å². The van der Waals surface area contributed by atoms with Crippen molar-refractivity contribution in [2.45, 2.75) is 70.4 Å². The second kappa shape index (κ2) is 10.4. The van der Waals surface area contributed by atoms with Crippen molar-refractivity contribution in [1.29, 1.82) is 0 Å². The summed E-state index contributed by atoms with van der Waals surface area (Å²) < 4.78 is 12.8. The minimum Gasteiger partial charge on any atom is -0.488 e. The molecule has 1 atom stereocenters. The van der Waals surface area contributed by atoms with Crippen LogP contribution < -0.4 is 10.1 Å². The Balaban J connectivity index is 1.36. The molecule has 32 heavy (non-hydrogen) atoms. The first-order valence-electron chi connectivity index (χ1n) is 11.8. The molecular weight excluding hydrogens is 466 g/mol. The molecule has 1 N–H and O–H groups in total. The maximum Gasteiger partial charge on any atom is 0.306 e. The quantitative estimate of drug-likeness (QED) is 0.540. The van der Waals surface area contributed by atoms with Crippen molar-refractivity contribution >= 4 is 21.9 Å². The van der Waals surface area contributed by atoms with Crippen LogP contribution in [0.3, 0.4) is 0 Å². The Hall–Kier alpha value is -1.85. The van der Waals surface area contributed by atoms with Gasteiger partial charge in [-0.05, 0) is 103 Å².